The summed E-state index contributed by atoms with van der Waals surface area (Å²) in [6.45, 7) is 4.38. The van der Waals surface area contributed by atoms with E-state index in [9.17, 15) is 10.1 Å². The van der Waals surface area contributed by atoms with Crippen LogP contribution in [0.3, 0.4) is 0 Å². The maximum Gasteiger partial charge on any atom is 0.297 e. The number of benzene rings is 3. The first-order valence-electron chi connectivity index (χ1n) is 12.6. The SMILES string of the molecule is CCCc1nc(CC)c(Oc2ccc(OC)c(OC)c2)c(=O)n1Cc1ccc(-c2ccccc2C#N)cc1. The molecule has 7 heteroatoms. The smallest absolute Gasteiger partial charge is 0.297 e. The second-order valence-electron chi connectivity index (χ2n) is 8.77. The van der Waals surface area contributed by atoms with Crippen molar-refractivity contribution in [3.8, 4) is 40.2 Å². The van der Waals surface area contributed by atoms with Gasteiger partial charge in [-0.25, -0.2) is 4.98 Å². The number of aromatic nitrogens is 2. The normalized spacial score (nSPS) is 10.6. The number of hydrogen-bond acceptors (Lipinski definition) is 6. The first-order valence-corrected chi connectivity index (χ1v) is 12.6. The van der Waals surface area contributed by atoms with E-state index in [4.69, 9.17) is 19.2 Å². The molecule has 0 aliphatic rings. The molecule has 0 spiro atoms. The molecule has 0 unspecified atom stereocenters. The highest BCUT2D eigenvalue weighted by atomic mass is 16.5. The monoisotopic (exact) mass is 509 g/mol. The molecule has 0 N–H and O–H groups in total. The number of nitriles is 1. The lowest BCUT2D eigenvalue weighted by Crippen LogP contribution is -2.28. The molecule has 4 rings (SSSR count). The molecule has 4 aromatic rings. The van der Waals surface area contributed by atoms with Crippen LogP contribution in [0.25, 0.3) is 11.1 Å². The first-order chi connectivity index (χ1) is 18.5. The van der Waals surface area contributed by atoms with Crippen LogP contribution in [0, 0.1) is 11.3 Å². The van der Waals surface area contributed by atoms with Crippen LogP contribution in [0.2, 0.25) is 0 Å². The number of ether oxygens (including phenoxy) is 3. The van der Waals surface area contributed by atoms with Crippen LogP contribution in [-0.2, 0) is 19.4 Å². The van der Waals surface area contributed by atoms with Crippen LogP contribution in [0.15, 0.2) is 71.5 Å². The predicted molar refractivity (Wildman–Crippen MR) is 147 cm³/mol. The Balaban J connectivity index is 1.71. The third-order valence-corrected chi connectivity index (χ3v) is 6.31. The third kappa shape index (κ3) is 5.55. The summed E-state index contributed by atoms with van der Waals surface area (Å²) in [6, 6.07) is 22.8. The van der Waals surface area contributed by atoms with Gasteiger partial charge in [-0.15, -0.1) is 0 Å². The summed E-state index contributed by atoms with van der Waals surface area (Å²) in [5.74, 6) is 2.49. The van der Waals surface area contributed by atoms with Gasteiger partial charge in [0.05, 0.1) is 38.1 Å². The highest BCUT2D eigenvalue weighted by molar-refractivity contribution is 5.70. The van der Waals surface area contributed by atoms with Crippen molar-refractivity contribution in [1.29, 1.82) is 5.26 Å². The van der Waals surface area contributed by atoms with Gasteiger partial charge in [0, 0.05) is 12.5 Å². The molecule has 194 valence electrons. The molecular weight excluding hydrogens is 478 g/mol. The Kier molecular flexibility index (Phi) is 8.44. The van der Waals surface area contributed by atoms with Crippen molar-refractivity contribution in [3.63, 3.8) is 0 Å². The molecule has 0 saturated heterocycles. The fourth-order valence-electron chi connectivity index (χ4n) is 4.35. The summed E-state index contributed by atoms with van der Waals surface area (Å²) >= 11 is 0. The molecule has 0 aliphatic heterocycles. The minimum absolute atomic E-state index is 0.208. The second-order valence-corrected chi connectivity index (χ2v) is 8.77. The maximum atomic E-state index is 13.8. The molecule has 38 heavy (non-hydrogen) atoms. The number of rotatable bonds is 10. The highest BCUT2D eigenvalue weighted by Gasteiger charge is 2.19. The predicted octanol–water partition coefficient (Wildman–Crippen LogP) is 6.15. The Labute approximate surface area is 222 Å². The van der Waals surface area contributed by atoms with E-state index in [0.29, 0.717) is 47.9 Å². The van der Waals surface area contributed by atoms with Gasteiger partial charge in [-0.05, 0) is 47.7 Å². The van der Waals surface area contributed by atoms with Crippen molar-refractivity contribution >= 4 is 0 Å². The standard InChI is InChI=1S/C31H31N3O4/c1-5-9-29-33-26(6-2)30(38-24-16-17-27(36-3)28(18-24)37-4)31(35)34(29)20-21-12-14-22(15-13-21)25-11-8-7-10-23(25)19-32/h7-8,10-18H,5-6,9,20H2,1-4H3. The van der Waals surface area contributed by atoms with E-state index in [1.807, 2.05) is 49.4 Å². The van der Waals surface area contributed by atoms with Gasteiger partial charge in [-0.2, -0.15) is 5.26 Å². The minimum atomic E-state index is -0.228. The molecule has 0 atom stereocenters. The molecule has 0 saturated carbocycles. The number of hydrogen-bond donors (Lipinski definition) is 0. The van der Waals surface area contributed by atoms with Crippen LogP contribution in [0.1, 0.15) is 42.9 Å². The summed E-state index contributed by atoms with van der Waals surface area (Å²) < 4.78 is 18.5. The fraction of sp³-hybridized carbons (Fsp3) is 0.258. The molecule has 0 radical (unpaired) electrons. The van der Waals surface area contributed by atoms with Crippen molar-refractivity contribution in [3.05, 3.63) is 99.7 Å². The van der Waals surface area contributed by atoms with Crippen molar-refractivity contribution in [2.24, 2.45) is 0 Å². The van der Waals surface area contributed by atoms with E-state index in [1.54, 1.807) is 43.1 Å². The topological polar surface area (TPSA) is 86.4 Å². The van der Waals surface area contributed by atoms with Crippen LogP contribution in [0.5, 0.6) is 23.0 Å². The average molecular weight is 510 g/mol. The molecular formula is C31H31N3O4. The Morgan fingerprint density at radius 1 is 0.947 bits per heavy atom. The van der Waals surface area contributed by atoms with Gasteiger partial charge < -0.3 is 14.2 Å². The van der Waals surface area contributed by atoms with Crippen molar-refractivity contribution in [2.45, 2.75) is 39.7 Å². The quantitative estimate of drug-likeness (QED) is 0.255. The van der Waals surface area contributed by atoms with Gasteiger partial charge in [-0.3, -0.25) is 9.36 Å². The Hall–Kier alpha value is -4.57. The van der Waals surface area contributed by atoms with Gasteiger partial charge >= 0.3 is 0 Å². The molecule has 0 amide bonds. The van der Waals surface area contributed by atoms with E-state index < -0.39 is 0 Å². The maximum absolute atomic E-state index is 13.8. The zero-order chi connectivity index (χ0) is 27.1. The molecule has 1 aromatic heterocycles. The van der Waals surface area contributed by atoms with Gasteiger partial charge in [0.1, 0.15) is 11.6 Å². The summed E-state index contributed by atoms with van der Waals surface area (Å²) in [6.07, 6.45) is 2.09. The van der Waals surface area contributed by atoms with Crippen molar-refractivity contribution in [2.75, 3.05) is 14.2 Å². The van der Waals surface area contributed by atoms with Crippen LogP contribution in [0.4, 0.5) is 0 Å². The lowest BCUT2D eigenvalue weighted by molar-refractivity contribution is 0.351. The van der Waals surface area contributed by atoms with Crippen LogP contribution < -0.4 is 19.8 Å². The van der Waals surface area contributed by atoms with E-state index in [0.717, 1.165) is 28.9 Å². The van der Waals surface area contributed by atoms with Crippen molar-refractivity contribution < 1.29 is 14.2 Å². The van der Waals surface area contributed by atoms with Gasteiger partial charge in [0.25, 0.3) is 5.56 Å². The van der Waals surface area contributed by atoms with E-state index in [1.165, 1.54) is 0 Å². The third-order valence-electron chi connectivity index (χ3n) is 6.31. The molecule has 0 aliphatic carbocycles. The fourth-order valence-corrected chi connectivity index (χ4v) is 4.35. The van der Waals surface area contributed by atoms with Crippen LogP contribution in [-0.4, -0.2) is 23.8 Å². The summed E-state index contributed by atoms with van der Waals surface area (Å²) in [4.78, 5) is 18.7. The van der Waals surface area contributed by atoms with E-state index in [-0.39, 0.29) is 11.3 Å². The lowest BCUT2D eigenvalue weighted by atomic mass is 9.99. The minimum Gasteiger partial charge on any atom is -0.493 e. The average Bonchev–Trinajstić information content (AvgIpc) is 2.96. The largest absolute Gasteiger partial charge is 0.493 e. The summed E-state index contributed by atoms with van der Waals surface area (Å²) in [5.41, 5.74) is 3.79. The number of nitrogens with zero attached hydrogens (tertiary/aromatic N) is 3. The molecule has 3 aromatic carbocycles. The zero-order valence-electron chi connectivity index (χ0n) is 22.2. The second kappa shape index (κ2) is 12.1. The zero-order valence-corrected chi connectivity index (χ0v) is 22.2. The van der Waals surface area contributed by atoms with Crippen LogP contribution >= 0.6 is 0 Å². The Morgan fingerprint density at radius 3 is 2.34 bits per heavy atom. The molecule has 0 bridgehead atoms. The Morgan fingerprint density at radius 2 is 1.68 bits per heavy atom. The lowest BCUT2D eigenvalue weighted by Gasteiger charge is -2.17. The Bertz CT molecular complexity index is 1520. The van der Waals surface area contributed by atoms with Gasteiger partial charge in [-0.1, -0.05) is 56.3 Å². The van der Waals surface area contributed by atoms with Gasteiger partial charge in [0.2, 0.25) is 5.75 Å². The number of aryl methyl sites for hydroxylation is 2. The first kappa shape index (κ1) is 26.5. The molecule has 0 fully saturated rings. The van der Waals surface area contributed by atoms with Gasteiger partial charge in [0.15, 0.2) is 11.5 Å². The van der Waals surface area contributed by atoms with Crippen molar-refractivity contribution in [1.82, 2.24) is 9.55 Å². The van der Waals surface area contributed by atoms with E-state index >= 15 is 0 Å². The summed E-state index contributed by atoms with van der Waals surface area (Å²) in [5, 5.41) is 9.45. The number of methoxy groups -OCH3 is 2. The highest BCUT2D eigenvalue weighted by Crippen LogP contribution is 2.33. The molecule has 7 nitrogen and oxygen atoms in total. The summed E-state index contributed by atoms with van der Waals surface area (Å²) in [7, 11) is 3.12. The molecule has 1 heterocycles. The van der Waals surface area contributed by atoms with E-state index in [2.05, 4.69) is 13.0 Å².